The smallest absolute Gasteiger partial charge is 0.347 e. The third kappa shape index (κ3) is 2.24. The molecule has 0 aliphatic heterocycles. The van der Waals surface area contributed by atoms with Gasteiger partial charge in [-0.25, -0.2) is 9.78 Å². The quantitative estimate of drug-likeness (QED) is 0.845. The molecule has 0 radical (unpaired) electrons. The molecule has 17 heavy (non-hydrogen) atoms. The van der Waals surface area contributed by atoms with Crippen LogP contribution in [-0.4, -0.2) is 21.8 Å². The lowest BCUT2D eigenvalue weighted by molar-refractivity contribution is 0.0701. The summed E-state index contributed by atoms with van der Waals surface area (Å²) in [5.41, 5.74) is 0.889. The van der Waals surface area contributed by atoms with Crippen molar-refractivity contribution in [2.24, 2.45) is 0 Å². The molecule has 1 aromatic heterocycles. The molecule has 4 nitrogen and oxygen atoms in total. The fraction of sp³-hybridized carbons (Fsp3) is 0.0833. The van der Waals surface area contributed by atoms with E-state index in [1.54, 1.807) is 31.2 Å². The van der Waals surface area contributed by atoms with Gasteiger partial charge >= 0.3 is 5.97 Å². The molecule has 0 aliphatic carbocycles. The number of thiazole rings is 1. The minimum absolute atomic E-state index is 0.115. The van der Waals surface area contributed by atoms with Gasteiger partial charge in [-0.3, -0.25) is 4.79 Å². The van der Waals surface area contributed by atoms with E-state index in [4.69, 9.17) is 5.11 Å². The highest BCUT2D eigenvalue weighted by Gasteiger charge is 2.19. The zero-order chi connectivity index (χ0) is 12.4. The summed E-state index contributed by atoms with van der Waals surface area (Å²) in [6, 6.07) is 8.68. The molecule has 0 saturated heterocycles. The highest BCUT2D eigenvalue weighted by Crippen LogP contribution is 2.20. The van der Waals surface area contributed by atoms with E-state index in [9.17, 15) is 9.59 Å². The van der Waals surface area contributed by atoms with Gasteiger partial charge in [-0.1, -0.05) is 30.3 Å². The minimum atomic E-state index is -1.05. The SMILES string of the molecule is Cc1nc(C(=O)c2ccccc2)sc1C(=O)O. The summed E-state index contributed by atoms with van der Waals surface area (Å²) in [5.74, 6) is -1.29. The summed E-state index contributed by atoms with van der Waals surface area (Å²) in [6.07, 6.45) is 0. The Morgan fingerprint density at radius 1 is 1.24 bits per heavy atom. The summed E-state index contributed by atoms with van der Waals surface area (Å²) >= 11 is 0.910. The predicted molar refractivity (Wildman–Crippen MR) is 63.7 cm³/mol. The Morgan fingerprint density at radius 2 is 1.88 bits per heavy atom. The van der Waals surface area contributed by atoms with E-state index in [1.165, 1.54) is 0 Å². The Labute approximate surface area is 102 Å². The number of aryl methyl sites for hydroxylation is 1. The Kier molecular flexibility index (Phi) is 3.01. The van der Waals surface area contributed by atoms with Crippen molar-refractivity contribution in [3.63, 3.8) is 0 Å². The van der Waals surface area contributed by atoms with Crippen LogP contribution < -0.4 is 0 Å². The summed E-state index contributed by atoms with van der Waals surface area (Å²) in [6.45, 7) is 1.59. The molecule has 2 aromatic rings. The number of aromatic carboxylic acids is 1. The fourth-order valence-electron chi connectivity index (χ4n) is 1.40. The Balaban J connectivity index is 2.39. The van der Waals surface area contributed by atoms with Gasteiger partial charge in [0.05, 0.1) is 5.69 Å². The fourth-order valence-corrected chi connectivity index (χ4v) is 2.27. The normalized spacial score (nSPS) is 10.2. The van der Waals surface area contributed by atoms with E-state index in [0.717, 1.165) is 11.3 Å². The molecule has 1 heterocycles. The van der Waals surface area contributed by atoms with Gasteiger partial charge in [0.1, 0.15) is 4.88 Å². The van der Waals surface area contributed by atoms with Crippen LogP contribution in [0.25, 0.3) is 0 Å². The number of benzene rings is 1. The molecule has 0 fully saturated rings. The van der Waals surface area contributed by atoms with Crippen LogP contribution in [0.2, 0.25) is 0 Å². The molecule has 1 aromatic carbocycles. The van der Waals surface area contributed by atoms with Crippen molar-refractivity contribution < 1.29 is 14.7 Å². The number of carbonyl (C=O) groups excluding carboxylic acids is 1. The molecule has 1 N–H and O–H groups in total. The molecular weight excluding hydrogens is 238 g/mol. The number of rotatable bonds is 3. The van der Waals surface area contributed by atoms with E-state index in [1.807, 2.05) is 6.07 Å². The average molecular weight is 247 g/mol. The first-order chi connectivity index (χ1) is 8.09. The van der Waals surface area contributed by atoms with Crippen LogP contribution >= 0.6 is 11.3 Å². The summed E-state index contributed by atoms with van der Waals surface area (Å²) in [5, 5.41) is 9.10. The minimum Gasteiger partial charge on any atom is -0.477 e. The molecule has 0 atom stereocenters. The first-order valence-corrected chi connectivity index (χ1v) is 5.71. The molecule has 0 unspecified atom stereocenters. The van der Waals surface area contributed by atoms with Crippen molar-refractivity contribution in [1.29, 1.82) is 0 Å². The van der Waals surface area contributed by atoms with E-state index in [2.05, 4.69) is 4.98 Å². The molecule has 0 amide bonds. The molecule has 0 bridgehead atoms. The maximum absolute atomic E-state index is 12.0. The second-order valence-electron chi connectivity index (χ2n) is 3.43. The van der Waals surface area contributed by atoms with E-state index in [-0.39, 0.29) is 15.7 Å². The van der Waals surface area contributed by atoms with Crippen molar-refractivity contribution in [2.45, 2.75) is 6.92 Å². The number of nitrogens with zero attached hydrogens (tertiary/aromatic N) is 1. The number of carbonyl (C=O) groups is 2. The van der Waals surface area contributed by atoms with Gasteiger partial charge in [-0.2, -0.15) is 0 Å². The molecule has 0 spiro atoms. The van der Waals surface area contributed by atoms with E-state index in [0.29, 0.717) is 11.3 Å². The van der Waals surface area contributed by atoms with Gasteiger partial charge in [0.2, 0.25) is 5.78 Å². The monoisotopic (exact) mass is 247 g/mol. The lowest BCUT2D eigenvalue weighted by Crippen LogP contribution is -1.99. The second kappa shape index (κ2) is 4.47. The summed E-state index contributed by atoms with van der Waals surface area (Å²) < 4.78 is 0. The maximum Gasteiger partial charge on any atom is 0.347 e. The standard InChI is InChI=1S/C12H9NO3S/c1-7-10(12(15)16)17-11(13-7)9(14)8-5-3-2-4-6-8/h2-6H,1H3,(H,15,16). The first kappa shape index (κ1) is 11.5. The highest BCUT2D eigenvalue weighted by molar-refractivity contribution is 7.15. The van der Waals surface area contributed by atoms with Gasteiger partial charge in [0.15, 0.2) is 5.01 Å². The number of carboxylic acids is 1. The number of aromatic nitrogens is 1. The zero-order valence-corrected chi connectivity index (χ0v) is 9.82. The topological polar surface area (TPSA) is 67.3 Å². The van der Waals surface area contributed by atoms with Crippen molar-refractivity contribution in [3.8, 4) is 0 Å². The van der Waals surface area contributed by atoms with Crippen molar-refractivity contribution >= 4 is 23.1 Å². The third-order valence-electron chi connectivity index (χ3n) is 2.22. The summed E-state index contributed by atoms with van der Waals surface area (Å²) in [7, 11) is 0. The molecule has 86 valence electrons. The van der Waals surface area contributed by atoms with Crippen LogP contribution in [0, 0.1) is 6.92 Å². The third-order valence-corrected chi connectivity index (χ3v) is 3.37. The molecule has 5 heteroatoms. The number of carboxylic acid groups (broad SMARTS) is 1. The Bertz CT molecular complexity index is 575. The lowest BCUT2D eigenvalue weighted by atomic mass is 10.1. The molecular formula is C12H9NO3S. The summed E-state index contributed by atoms with van der Waals surface area (Å²) in [4.78, 5) is 27.0. The van der Waals surface area contributed by atoms with Crippen LogP contribution in [0.1, 0.15) is 30.7 Å². The maximum atomic E-state index is 12.0. The Hall–Kier alpha value is -2.01. The van der Waals surface area contributed by atoms with Crippen LogP contribution in [0.5, 0.6) is 0 Å². The van der Waals surface area contributed by atoms with Gasteiger partial charge in [0, 0.05) is 5.56 Å². The van der Waals surface area contributed by atoms with Gasteiger partial charge in [-0.05, 0) is 6.92 Å². The van der Waals surface area contributed by atoms with Crippen LogP contribution in [0.3, 0.4) is 0 Å². The van der Waals surface area contributed by atoms with Gasteiger partial charge in [0.25, 0.3) is 0 Å². The Morgan fingerprint density at radius 3 is 2.41 bits per heavy atom. The lowest BCUT2D eigenvalue weighted by Gasteiger charge is -1.94. The molecule has 0 saturated carbocycles. The first-order valence-electron chi connectivity index (χ1n) is 4.90. The van der Waals surface area contributed by atoms with Crippen molar-refractivity contribution in [1.82, 2.24) is 4.98 Å². The van der Waals surface area contributed by atoms with Crippen molar-refractivity contribution in [2.75, 3.05) is 0 Å². The van der Waals surface area contributed by atoms with E-state index >= 15 is 0 Å². The predicted octanol–water partition coefficient (Wildman–Crippen LogP) is 2.38. The number of hydrogen-bond donors (Lipinski definition) is 1. The zero-order valence-electron chi connectivity index (χ0n) is 9.01. The average Bonchev–Trinajstić information content (AvgIpc) is 2.71. The van der Waals surface area contributed by atoms with Crippen LogP contribution in [0.4, 0.5) is 0 Å². The van der Waals surface area contributed by atoms with Crippen LogP contribution in [0.15, 0.2) is 30.3 Å². The van der Waals surface area contributed by atoms with Crippen molar-refractivity contribution in [3.05, 3.63) is 51.5 Å². The molecule has 0 aliphatic rings. The molecule has 2 rings (SSSR count). The van der Waals surface area contributed by atoms with Gasteiger partial charge < -0.3 is 5.11 Å². The number of ketones is 1. The largest absolute Gasteiger partial charge is 0.477 e. The van der Waals surface area contributed by atoms with Gasteiger partial charge in [-0.15, -0.1) is 11.3 Å². The second-order valence-corrected chi connectivity index (χ2v) is 4.43. The highest BCUT2D eigenvalue weighted by atomic mass is 32.1. The van der Waals surface area contributed by atoms with E-state index < -0.39 is 5.97 Å². The number of hydrogen-bond acceptors (Lipinski definition) is 4. The van der Waals surface area contributed by atoms with Crippen LogP contribution in [-0.2, 0) is 0 Å².